The number of hydrogen-bond acceptors (Lipinski definition) is 4. The Labute approximate surface area is 220 Å². The SMILES string of the molecule is CC(=O)N1CCN(CCNC(=O)c2cc(C)[nH]c2C=C2C(=O)Nc3cccc(-c4cccc(F)c4)c32)CC1. The summed E-state index contributed by atoms with van der Waals surface area (Å²) in [5.41, 5.74) is 4.87. The van der Waals surface area contributed by atoms with E-state index in [0.717, 1.165) is 24.3 Å². The van der Waals surface area contributed by atoms with Gasteiger partial charge in [-0.05, 0) is 48.4 Å². The number of fused-ring (bicyclic) bond motifs is 1. The average molecular weight is 516 g/mol. The van der Waals surface area contributed by atoms with Gasteiger partial charge < -0.3 is 20.5 Å². The summed E-state index contributed by atoms with van der Waals surface area (Å²) >= 11 is 0. The number of piperazine rings is 1. The topological polar surface area (TPSA) is 97.5 Å². The molecule has 1 saturated heterocycles. The lowest BCUT2D eigenvalue weighted by Crippen LogP contribution is -2.49. The van der Waals surface area contributed by atoms with Crippen molar-refractivity contribution < 1.29 is 18.8 Å². The molecule has 2 aliphatic rings. The summed E-state index contributed by atoms with van der Waals surface area (Å²) in [6.45, 7) is 7.52. The van der Waals surface area contributed by atoms with E-state index in [1.54, 1.807) is 37.3 Å². The molecule has 0 bridgehead atoms. The van der Waals surface area contributed by atoms with Crippen LogP contribution in [0.2, 0.25) is 0 Å². The second-order valence-corrected chi connectivity index (χ2v) is 9.63. The average Bonchev–Trinajstić information content (AvgIpc) is 3.43. The molecule has 1 fully saturated rings. The van der Waals surface area contributed by atoms with E-state index in [2.05, 4.69) is 20.5 Å². The van der Waals surface area contributed by atoms with Crippen molar-refractivity contribution in [2.24, 2.45) is 0 Å². The minimum absolute atomic E-state index is 0.0871. The molecular weight excluding hydrogens is 485 g/mol. The zero-order valence-electron chi connectivity index (χ0n) is 21.4. The summed E-state index contributed by atoms with van der Waals surface area (Å²) < 4.78 is 14.0. The van der Waals surface area contributed by atoms with Gasteiger partial charge in [-0.1, -0.05) is 24.3 Å². The molecule has 3 amide bonds. The quantitative estimate of drug-likeness (QED) is 0.438. The number of aromatic amines is 1. The summed E-state index contributed by atoms with van der Waals surface area (Å²) in [6, 6.07) is 13.5. The summed E-state index contributed by atoms with van der Waals surface area (Å²) in [7, 11) is 0. The molecule has 3 N–H and O–H groups in total. The summed E-state index contributed by atoms with van der Waals surface area (Å²) in [6.07, 6.45) is 1.69. The van der Waals surface area contributed by atoms with Crippen molar-refractivity contribution >= 4 is 35.1 Å². The molecule has 8 nitrogen and oxygen atoms in total. The molecule has 3 heterocycles. The number of nitrogens with one attached hydrogen (secondary N) is 3. The summed E-state index contributed by atoms with van der Waals surface area (Å²) in [4.78, 5) is 44.9. The Morgan fingerprint density at radius 3 is 2.58 bits per heavy atom. The number of anilines is 1. The van der Waals surface area contributed by atoms with Crippen LogP contribution in [0.3, 0.4) is 0 Å². The van der Waals surface area contributed by atoms with Gasteiger partial charge in [0.2, 0.25) is 5.91 Å². The molecule has 1 aromatic heterocycles. The highest BCUT2D eigenvalue weighted by Crippen LogP contribution is 2.40. The van der Waals surface area contributed by atoms with E-state index < -0.39 is 0 Å². The van der Waals surface area contributed by atoms with Crippen LogP contribution in [0.25, 0.3) is 22.8 Å². The summed E-state index contributed by atoms with van der Waals surface area (Å²) in [5, 5.41) is 5.86. The van der Waals surface area contributed by atoms with Crippen LogP contribution in [-0.2, 0) is 9.59 Å². The fourth-order valence-electron chi connectivity index (χ4n) is 5.05. The third-order valence-corrected chi connectivity index (χ3v) is 7.01. The lowest BCUT2D eigenvalue weighted by molar-refractivity contribution is -0.130. The molecule has 0 radical (unpaired) electrons. The highest BCUT2D eigenvalue weighted by Gasteiger charge is 2.28. The Morgan fingerprint density at radius 1 is 1.08 bits per heavy atom. The monoisotopic (exact) mass is 515 g/mol. The molecule has 2 aromatic carbocycles. The van der Waals surface area contributed by atoms with E-state index in [9.17, 15) is 18.8 Å². The fraction of sp³-hybridized carbons (Fsp3) is 0.276. The first-order valence-electron chi connectivity index (χ1n) is 12.7. The maximum atomic E-state index is 14.0. The number of aryl methyl sites for hydroxylation is 1. The Morgan fingerprint density at radius 2 is 1.84 bits per heavy atom. The van der Waals surface area contributed by atoms with Gasteiger partial charge in [-0.3, -0.25) is 19.3 Å². The van der Waals surface area contributed by atoms with Crippen LogP contribution >= 0.6 is 0 Å². The van der Waals surface area contributed by atoms with Gasteiger partial charge >= 0.3 is 0 Å². The molecule has 38 heavy (non-hydrogen) atoms. The van der Waals surface area contributed by atoms with E-state index in [1.807, 2.05) is 24.0 Å². The number of H-pyrrole nitrogens is 1. The molecular formula is C29H30FN5O3. The number of amides is 3. The van der Waals surface area contributed by atoms with Gasteiger partial charge in [0, 0.05) is 63.1 Å². The Bertz CT molecular complexity index is 1440. The van der Waals surface area contributed by atoms with Crippen LogP contribution in [0.1, 0.15) is 34.2 Å². The number of aromatic nitrogens is 1. The minimum atomic E-state index is -0.359. The first-order chi connectivity index (χ1) is 18.3. The molecule has 0 saturated carbocycles. The first-order valence-corrected chi connectivity index (χ1v) is 12.7. The molecule has 5 rings (SSSR count). The van der Waals surface area contributed by atoms with Gasteiger partial charge in [0.05, 0.1) is 16.8 Å². The van der Waals surface area contributed by atoms with Crippen LogP contribution in [0.15, 0.2) is 48.5 Å². The molecule has 2 aliphatic heterocycles. The van der Waals surface area contributed by atoms with E-state index in [1.165, 1.54) is 12.1 Å². The lowest BCUT2D eigenvalue weighted by Gasteiger charge is -2.34. The number of halogens is 1. The van der Waals surface area contributed by atoms with Crippen molar-refractivity contribution in [1.82, 2.24) is 20.1 Å². The standard InChI is InChI=1S/C29H30FN5O3/c1-18-15-23(28(37)31-9-10-34-11-13-35(14-12-34)19(2)36)26(32-18)17-24-27-22(20-5-3-6-21(30)16-20)7-4-8-25(27)33-29(24)38/h3-8,15-17,32H,9-14H2,1-2H3,(H,31,37)(H,33,38). The predicted molar refractivity (Wildman–Crippen MR) is 145 cm³/mol. The maximum absolute atomic E-state index is 14.0. The Kier molecular flexibility index (Phi) is 7.11. The minimum Gasteiger partial charge on any atom is -0.358 e. The van der Waals surface area contributed by atoms with Crippen LogP contribution in [0, 0.1) is 12.7 Å². The van der Waals surface area contributed by atoms with Crippen molar-refractivity contribution in [3.8, 4) is 11.1 Å². The Hall–Kier alpha value is -4.24. The molecule has 0 atom stereocenters. The van der Waals surface area contributed by atoms with Crippen LogP contribution < -0.4 is 10.6 Å². The highest BCUT2D eigenvalue weighted by molar-refractivity contribution is 6.36. The normalized spacial score (nSPS) is 16.4. The smallest absolute Gasteiger partial charge is 0.256 e. The molecule has 0 aliphatic carbocycles. The fourth-order valence-corrected chi connectivity index (χ4v) is 5.05. The van der Waals surface area contributed by atoms with Crippen molar-refractivity contribution in [1.29, 1.82) is 0 Å². The van der Waals surface area contributed by atoms with Crippen molar-refractivity contribution in [2.75, 3.05) is 44.6 Å². The van der Waals surface area contributed by atoms with Gasteiger partial charge in [-0.25, -0.2) is 4.39 Å². The number of carbonyl (C=O) groups is 3. The largest absolute Gasteiger partial charge is 0.358 e. The van der Waals surface area contributed by atoms with Gasteiger partial charge in [-0.15, -0.1) is 0 Å². The molecule has 3 aromatic rings. The van der Waals surface area contributed by atoms with Gasteiger partial charge in [0.1, 0.15) is 5.82 Å². The number of hydrogen-bond donors (Lipinski definition) is 3. The van der Waals surface area contributed by atoms with Crippen LogP contribution in [0.5, 0.6) is 0 Å². The zero-order valence-corrected chi connectivity index (χ0v) is 21.4. The third kappa shape index (κ3) is 5.24. The van der Waals surface area contributed by atoms with E-state index in [-0.39, 0.29) is 23.5 Å². The summed E-state index contributed by atoms with van der Waals surface area (Å²) in [5.74, 6) is -0.792. The number of rotatable bonds is 6. The maximum Gasteiger partial charge on any atom is 0.256 e. The van der Waals surface area contributed by atoms with Crippen molar-refractivity contribution in [3.63, 3.8) is 0 Å². The van der Waals surface area contributed by atoms with E-state index >= 15 is 0 Å². The molecule has 196 valence electrons. The second kappa shape index (κ2) is 10.6. The molecule has 0 unspecified atom stereocenters. The first kappa shape index (κ1) is 25.4. The van der Waals surface area contributed by atoms with Crippen molar-refractivity contribution in [3.05, 3.63) is 76.9 Å². The van der Waals surface area contributed by atoms with Gasteiger partial charge in [0.25, 0.3) is 11.8 Å². The van der Waals surface area contributed by atoms with Crippen LogP contribution in [0.4, 0.5) is 10.1 Å². The van der Waals surface area contributed by atoms with Crippen LogP contribution in [-0.4, -0.2) is 71.8 Å². The number of benzene rings is 2. The second-order valence-electron chi connectivity index (χ2n) is 9.63. The number of carbonyl (C=O) groups excluding carboxylic acids is 3. The van der Waals surface area contributed by atoms with Gasteiger partial charge in [-0.2, -0.15) is 0 Å². The third-order valence-electron chi connectivity index (χ3n) is 7.01. The molecule has 0 spiro atoms. The van der Waals surface area contributed by atoms with Gasteiger partial charge in [0.15, 0.2) is 0 Å². The molecule has 9 heteroatoms. The van der Waals surface area contributed by atoms with E-state index in [0.29, 0.717) is 59.8 Å². The Balaban J connectivity index is 1.35. The lowest BCUT2D eigenvalue weighted by atomic mass is 9.94. The zero-order chi connectivity index (χ0) is 26.8. The van der Waals surface area contributed by atoms with Crippen molar-refractivity contribution in [2.45, 2.75) is 13.8 Å². The number of nitrogens with zero attached hydrogens (tertiary/aromatic N) is 2. The highest BCUT2D eigenvalue weighted by atomic mass is 19.1. The van der Waals surface area contributed by atoms with E-state index in [4.69, 9.17) is 0 Å². The predicted octanol–water partition coefficient (Wildman–Crippen LogP) is 3.52.